The number of hydrogen-bond donors (Lipinski definition) is 1. The lowest BCUT2D eigenvalue weighted by atomic mass is 10.2. The fourth-order valence-electron chi connectivity index (χ4n) is 2.45. The van der Waals surface area contributed by atoms with Gasteiger partial charge in [-0.1, -0.05) is 0 Å². The first-order valence-corrected chi connectivity index (χ1v) is 6.92. The molecule has 1 N–H and O–H groups in total. The maximum Gasteiger partial charge on any atom is 0.236 e. The number of carbonyl (C=O) groups is 1. The first kappa shape index (κ1) is 12.8. The van der Waals surface area contributed by atoms with Crippen LogP contribution in [0.25, 0.3) is 0 Å². The molecule has 2 rings (SSSR count). The Bertz CT molecular complexity index is 259. The van der Waals surface area contributed by atoms with Crippen LogP contribution in [0, 0.1) is 0 Å². The predicted octanol–water partition coefficient (Wildman–Crippen LogP) is 0.681. The Hall–Kier alpha value is -0.610. The molecule has 4 heteroatoms. The third kappa shape index (κ3) is 3.68. The Morgan fingerprint density at radius 1 is 1.35 bits per heavy atom. The van der Waals surface area contributed by atoms with Crippen LogP contribution in [0.4, 0.5) is 0 Å². The Morgan fingerprint density at radius 3 is 2.65 bits per heavy atom. The highest BCUT2D eigenvalue weighted by atomic mass is 16.2. The van der Waals surface area contributed by atoms with Crippen LogP contribution in [-0.2, 0) is 4.79 Å². The Labute approximate surface area is 104 Å². The van der Waals surface area contributed by atoms with E-state index in [0.717, 1.165) is 19.6 Å². The molecule has 1 amide bonds. The van der Waals surface area contributed by atoms with Gasteiger partial charge in [-0.2, -0.15) is 0 Å². The molecule has 4 nitrogen and oxygen atoms in total. The van der Waals surface area contributed by atoms with Crippen LogP contribution in [0.5, 0.6) is 0 Å². The van der Waals surface area contributed by atoms with E-state index in [1.165, 1.54) is 25.7 Å². The van der Waals surface area contributed by atoms with Crippen LogP contribution in [-0.4, -0.2) is 61.0 Å². The van der Waals surface area contributed by atoms with Gasteiger partial charge in [-0.05, 0) is 39.2 Å². The van der Waals surface area contributed by atoms with Gasteiger partial charge in [0.25, 0.3) is 0 Å². The smallest absolute Gasteiger partial charge is 0.236 e. The van der Waals surface area contributed by atoms with Crippen LogP contribution in [0.3, 0.4) is 0 Å². The van der Waals surface area contributed by atoms with Crippen molar-refractivity contribution in [3.63, 3.8) is 0 Å². The molecule has 0 bridgehead atoms. The fourth-order valence-corrected chi connectivity index (χ4v) is 2.45. The topological polar surface area (TPSA) is 35.6 Å². The highest BCUT2D eigenvalue weighted by Crippen LogP contribution is 2.27. The van der Waals surface area contributed by atoms with Gasteiger partial charge in [0.05, 0.1) is 6.54 Å². The van der Waals surface area contributed by atoms with Gasteiger partial charge in [0.15, 0.2) is 0 Å². The second-order valence-corrected chi connectivity index (χ2v) is 5.36. The molecular weight excluding hydrogens is 214 g/mol. The van der Waals surface area contributed by atoms with Gasteiger partial charge in [-0.25, -0.2) is 0 Å². The van der Waals surface area contributed by atoms with Crippen molar-refractivity contribution in [3.05, 3.63) is 0 Å². The minimum Gasteiger partial charge on any atom is -0.345 e. The van der Waals surface area contributed by atoms with Crippen molar-refractivity contribution in [2.75, 3.05) is 33.2 Å². The largest absolute Gasteiger partial charge is 0.345 e. The van der Waals surface area contributed by atoms with E-state index in [-0.39, 0.29) is 5.91 Å². The highest BCUT2D eigenvalue weighted by Gasteiger charge is 2.32. The summed E-state index contributed by atoms with van der Waals surface area (Å²) in [6.45, 7) is 5.63. The Balaban J connectivity index is 1.81. The van der Waals surface area contributed by atoms with E-state index in [0.29, 0.717) is 18.6 Å². The van der Waals surface area contributed by atoms with Gasteiger partial charge in [-0.15, -0.1) is 0 Å². The first-order valence-electron chi connectivity index (χ1n) is 6.92. The minimum atomic E-state index is 0.261. The van der Waals surface area contributed by atoms with Crippen LogP contribution in [0.2, 0.25) is 0 Å². The summed E-state index contributed by atoms with van der Waals surface area (Å²) in [4.78, 5) is 16.2. The first-order chi connectivity index (χ1) is 8.20. The summed E-state index contributed by atoms with van der Waals surface area (Å²) in [7, 11) is 1.89. The normalized spacial score (nSPS) is 24.3. The van der Waals surface area contributed by atoms with E-state index in [1.54, 1.807) is 0 Å². The van der Waals surface area contributed by atoms with Crippen LogP contribution in [0.1, 0.15) is 32.6 Å². The van der Waals surface area contributed by atoms with E-state index in [9.17, 15) is 4.79 Å². The molecule has 1 atom stereocenters. The molecule has 1 saturated heterocycles. The molecule has 0 spiro atoms. The lowest BCUT2D eigenvalue weighted by Crippen LogP contribution is -2.44. The number of rotatable bonds is 6. The maximum atomic E-state index is 12.0. The second-order valence-electron chi connectivity index (χ2n) is 5.36. The van der Waals surface area contributed by atoms with Crippen molar-refractivity contribution in [1.29, 1.82) is 0 Å². The van der Waals surface area contributed by atoms with E-state index in [2.05, 4.69) is 10.2 Å². The van der Waals surface area contributed by atoms with Crippen molar-refractivity contribution in [1.82, 2.24) is 15.1 Å². The van der Waals surface area contributed by atoms with Crippen molar-refractivity contribution < 1.29 is 4.79 Å². The zero-order valence-corrected chi connectivity index (χ0v) is 11.1. The summed E-state index contributed by atoms with van der Waals surface area (Å²) in [6, 6.07) is 1.28. The van der Waals surface area contributed by atoms with Gasteiger partial charge in [-0.3, -0.25) is 9.69 Å². The monoisotopic (exact) mass is 239 g/mol. The molecule has 1 unspecified atom stereocenters. The molecule has 1 saturated carbocycles. The lowest BCUT2D eigenvalue weighted by Gasteiger charge is -2.27. The molecule has 2 aliphatic rings. The van der Waals surface area contributed by atoms with Crippen LogP contribution in [0.15, 0.2) is 0 Å². The standard InChI is InChI=1S/C13H25N3O/c1-3-15(2)13(17)10-16(12-6-7-12)9-11-5-4-8-14-11/h11-12,14H,3-10H2,1-2H3. The summed E-state index contributed by atoms with van der Waals surface area (Å²) >= 11 is 0. The van der Waals surface area contributed by atoms with E-state index >= 15 is 0 Å². The Morgan fingerprint density at radius 2 is 2.12 bits per heavy atom. The molecule has 0 aromatic carbocycles. The number of likely N-dealkylation sites (N-methyl/N-ethyl adjacent to an activating group) is 1. The number of nitrogens with one attached hydrogen (secondary N) is 1. The molecule has 0 radical (unpaired) electrons. The molecule has 0 aromatic rings. The summed E-state index contributed by atoms with van der Waals surface area (Å²) in [5, 5.41) is 3.52. The van der Waals surface area contributed by atoms with E-state index in [1.807, 2.05) is 18.9 Å². The number of carbonyl (C=O) groups excluding carboxylic acids is 1. The average molecular weight is 239 g/mol. The average Bonchev–Trinajstić information content (AvgIpc) is 3.06. The second kappa shape index (κ2) is 5.83. The maximum absolute atomic E-state index is 12.0. The van der Waals surface area contributed by atoms with Crippen molar-refractivity contribution in [3.8, 4) is 0 Å². The van der Waals surface area contributed by atoms with Gasteiger partial charge in [0, 0.05) is 32.2 Å². The third-order valence-electron chi connectivity index (χ3n) is 3.92. The molecule has 17 heavy (non-hydrogen) atoms. The molecule has 2 fully saturated rings. The summed E-state index contributed by atoms with van der Waals surface area (Å²) in [5.41, 5.74) is 0. The minimum absolute atomic E-state index is 0.261. The quantitative estimate of drug-likeness (QED) is 0.740. The summed E-state index contributed by atoms with van der Waals surface area (Å²) < 4.78 is 0. The SMILES string of the molecule is CCN(C)C(=O)CN(CC1CCCN1)C1CC1. The van der Waals surface area contributed by atoms with Gasteiger partial charge >= 0.3 is 0 Å². The molecule has 1 aliphatic carbocycles. The van der Waals surface area contributed by atoms with Gasteiger partial charge in [0.1, 0.15) is 0 Å². The molecule has 1 heterocycles. The molecule has 98 valence electrons. The van der Waals surface area contributed by atoms with Gasteiger partial charge in [0.2, 0.25) is 5.91 Å². The summed E-state index contributed by atoms with van der Waals surface area (Å²) in [5.74, 6) is 0.261. The van der Waals surface area contributed by atoms with Crippen molar-refractivity contribution in [2.24, 2.45) is 0 Å². The Kier molecular flexibility index (Phi) is 4.40. The number of amides is 1. The fraction of sp³-hybridized carbons (Fsp3) is 0.923. The van der Waals surface area contributed by atoms with Crippen molar-refractivity contribution in [2.45, 2.75) is 44.7 Å². The van der Waals surface area contributed by atoms with Crippen LogP contribution >= 0.6 is 0 Å². The number of nitrogens with zero attached hydrogens (tertiary/aromatic N) is 2. The van der Waals surface area contributed by atoms with E-state index < -0.39 is 0 Å². The lowest BCUT2D eigenvalue weighted by molar-refractivity contribution is -0.131. The molecule has 1 aliphatic heterocycles. The van der Waals surface area contributed by atoms with Crippen LogP contribution < -0.4 is 5.32 Å². The third-order valence-corrected chi connectivity index (χ3v) is 3.92. The molecule has 0 aromatic heterocycles. The van der Waals surface area contributed by atoms with E-state index in [4.69, 9.17) is 0 Å². The highest BCUT2D eigenvalue weighted by molar-refractivity contribution is 5.78. The van der Waals surface area contributed by atoms with Gasteiger partial charge < -0.3 is 10.2 Å². The number of hydrogen-bond acceptors (Lipinski definition) is 3. The van der Waals surface area contributed by atoms with Crippen molar-refractivity contribution >= 4 is 5.91 Å². The molecular formula is C13H25N3O. The predicted molar refractivity (Wildman–Crippen MR) is 68.9 cm³/mol. The zero-order valence-electron chi connectivity index (χ0n) is 11.1. The zero-order chi connectivity index (χ0) is 12.3. The summed E-state index contributed by atoms with van der Waals surface area (Å²) in [6.07, 6.45) is 5.10.